The minimum absolute atomic E-state index is 0.0543. The summed E-state index contributed by atoms with van der Waals surface area (Å²) in [5.41, 5.74) is 4.14. The predicted molar refractivity (Wildman–Crippen MR) is 156 cm³/mol. The van der Waals surface area contributed by atoms with Crippen molar-refractivity contribution in [1.29, 1.82) is 0 Å². The number of nitrogens with zero attached hydrogens (tertiary/aromatic N) is 2. The van der Waals surface area contributed by atoms with Crippen molar-refractivity contribution in [3.63, 3.8) is 0 Å². The van der Waals surface area contributed by atoms with Crippen molar-refractivity contribution in [3.05, 3.63) is 95.1 Å². The smallest absolute Gasteiger partial charge is 0.264 e. The summed E-state index contributed by atoms with van der Waals surface area (Å²) in [5.74, 6) is -0.754. The number of sulfonamides is 1. The van der Waals surface area contributed by atoms with Crippen LogP contribution in [0.5, 0.6) is 0 Å². The van der Waals surface area contributed by atoms with Crippen molar-refractivity contribution < 1.29 is 18.0 Å². The predicted octanol–water partition coefficient (Wildman–Crippen LogP) is 5.14. The highest BCUT2D eigenvalue weighted by molar-refractivity contribution is 7.92. The van der Waals surface area contributed by atoms with Gasteiger partial charge in [0.25, 0.3) is 10.0 Å². The van der Waals surface area contributed by atoms with E-state index >= 15 is 0 Å². The second kappa shape index (κ2) is 12.9. The fourth-order valence-electron chi connectivity index (χ4n) is 4.10. The van der Waals surface area contributed by atoms with Crippen LogP contribution >= 0.6 is 0 Å². The van der Waals surface area contributed by atoms with Crippen LogP contribution in [0, 0.1) is 20.8 Å². The van der Waals surface area contributed by atoms with Gasteiger partial charge < -0.3 is 10.2 Å². The van der Waals surface area contributed by atoms with Crippen LogP contribution in [0.3, 0.4) is 0 Å². The lowest BCUT2D eigenvalue weighted by Crippen LogP contribution is -2.52. The van der Waals surface area contributed by atoms with E-state index in [0.29, 0.717) is 5.69 Å². The molecule has 0 fully saturated rings. The molecule has 0 saturated carbocycles. The Balaban J connectivity index is 2.03. The van der Waals surface area contributed by atoms with Crippen molar-refractivity contribution >= 4 is 27.5 Å². The zero-order valence-electron chi connectivity index (χ0n) is 23.6. The van der Waals surface area contributed by atoms with Gasteiger partial charge >= 0.3 is 0 Å². The van der Waals surface area contributed by atoms with Gasteiger partial charge in [-0.25, -0.2) is 8.42 Å². The summed E-state index contributed by atoms with van der Waals surface area (Å²) in [7, 11) is -4.08. The minimum atomic E-state index is -4.08. The molecule has 0 aliphatic rings. The van der Waals surface area contributed by atoms with E-state index in [4.69, 9.17) is 0 Å². The number of benzene rings is 3. The Hall–Kier alpha value is -3.65. The molecule has 0 bridgehead atoms. The summed E-state index contributed by atoms with van der Waals surface area (Å²) in [4.78, 5) is 28.7. The number of carbonyl (C=O) groups excluding carboxylic acids is 2. The van der Waals surface area contributed by atoms with Gasteiger partial charge in [0.2, 0.25) is 11.8 Å². The monoisotopic (exact) mass is 549 g/mol. The van der Waals surface area contributed by atoms with E-state index in [9.17, 15) is 18.0 Å². The molecular formula is C31H39N3O4S. The summed E-state index contributed by atoms with van der Waals surface area (Å²) in [6.07, 6.45) is 0.750. The van der Waals surface area contributed by atoms with Gasteiger partial charge in [0, 0.05) is 12.6 Å². The number of carbonyl (C=O) groups is 2. The zero-order chi connectivity index (χ0) is 28.7. The van der Waals surface area contributed by atoms with Crippen LogP contribution in [-0.4, -0.2) is 43.8 Å². The molecule has 3 rings (SSSR count). The number of amides is 2. The highest BCUT2D eigenvalue weighted by atomic mass is 32.2. The molecule has 7 nitrogen and oxygen atoms in total. The van der Waals surface area contributed by atoms with Crippen LogP contribution in [-0.2, 0) is 26.2 Å². The molecule has 208 valence electrons. The first-order valence-electron chi connectivity index (χ1n) is 13.2. The number of rotatable bonds is 11. The first kappa shape index (κ1) is 29.9. The minimum Gasteiger partial charge on any atom is -0.352 e. The molecule has 0 spiro atoms. The SMILES string of the molecule is CCC(C)NC(=O)C(C)N(Cc1ccccc1C)C(=O)CN(c1ccc(C)cc1)S(=O)(=O)c1ccc(C)cc1. The van der Waals surface area contributed by atoms with E-state index in [2.05, 4.69) is 5.32 Å². The van der Waals surface area contributed by atoms with Gasteiger partial charge in [-0.3, -0.25) is 13.9 Å². The van der Waals surface area contributed by atoms with Crippen LogP contribution < -0.4 is 9.62 Å². The van der Waals surface area contributed by atoms with E-state index in [0.717, 1.165) is 33.0 Å². The molecule has 8 heteroatoms. The van der Waals surface area contributed by atoms with E-state index in [1.165, 1.54) is 4.90 Å². The first-order chi connectivity index (χ1) is 18.4. The maximum absolute atomic E-state index is 14.0. The second-order valence-corrected chi connectivity index (χ2v) is 12.0. The van der Waals surface area contributed by atoms with Crippen LogP contribution in [0.1, 0.15) is 49.4 Å². The Labute approximate surface area is 232 Å². The molecule has 2 atom stereocenters. The Morgan fingerprint density at radius 3 is 1.97 bits per heavy atom. The quantitative estimate of drug-likeness (QED) is 0.359. The number of hydrogen-bond donors (Lipinski definition) is 1. The van der Waals surface area contributed by atoms with Crippen LogP contribution in [0.15, 0.2) is 77.7 Å². The summed E-state index contributed by atoms with van der Waals surface area (Å²) in [6, 6.07) is 20.3. The molecule has 0 aliphatic carbocycles. The molecule has 3 aromatic rings. The highest BCUT2D eigenvalue weighted by Gasteiger charge is 2.33. The van der Waals surface area contributed by atoms with E-state index in [1.807, 2.05) is 71.0 Å². The Morgan fingerprint density at radius 1 is 0.846 bits per heavy atom. The number of aryl methyl sites for hydroxylation is 3. The third-order valence-electron chi connectivity index (χ3n) is 6.98. The van der Waals surface area contributed by atoms with Crippen molar-refractivity contribution in [2.75, 3.05) is 10.8 Å². The molecule has 0 aromatic heterocycles. The number of anilines is 1. The average molecular weight is 550 g/mol. The summed E-state index contributed by atoms with van der Waals surface area (Å²) in [5, 5.41) is 2.95. The van der Waals surface area contributed by atoms with Crippen molar-refractivity contribution in [2.24, 2.45) is 0 Å². The lowest BCUT2D eigenvalue weighted by Gasteiger charge is -2.32. The van der Waals surface area contributed by atoms with Gasteiger partial charge in [-0.05, 0) is 76.4 Å². The van der Waals surface area contributed by atoms with Gasteiger partial charge in [0.15, 0.2) is 0 Å². The lowest BCUT2D eigenvalue weighted by atomic mass is 10.1. The van der Waals surface area contributed by atoms with Crippen molar-refractivity contribution in [2.45, 2.75) is 71.5 Å². The van der Waals surface area contributed by atoms with Crippen molar-refractivity contribution in [1.82, 2.24) is 10.2 Å². The maximum Gasteiger partial charge on any atom is 0.264 e. The molecule has 0 radical (unpaired) electrons. The summed E-state index contributed by atoms with van der Waals surface area (Å²) < 4.78 is 28.9. The number of nitrogens with one attached hydrogen (secondary N) is 1. The Morgan fingerprint density at radius 2 is 1.41 bits per heavy atom. The lowest BCUT2D eigenvalue weighted by molar-refractivity contribution is -0.139. The van der Waals surface area contributed by atoms with Crippen LogP contribution in [0.25, 0.3) is 0 Å². The molecule has 2 unspecified atom stereocenters. The first-order valence-corrected chi connectivity index (χ1v) is 14.7. The average Bonchev–Trinajstić information content (AvgIpc) is 2.91. The van der Waals surface area contributed by atoms with Gasteiger partial charge in [0.1, 0.15) is 12.6 Å². The van der Waals surface area contributed by atoms with Crippen LogP contribution in [0.4, 0.5) is 5.69 Å². The number of hydrogen-bond acceptors (Lipinski definition) is 4. The van der Waals surface area contributed by atoms with E-state index in [1.54, 1.807) is 43.3 Å². The normalized spacial score (nSPS) is 12.9. The molecule has 0 aliphatic heterocycles. The van der Waals surface area contributed by atoms with Crippen molar-refractivity contribution in [3.8, 4) is 0 Å². The zero-order valence-corrected chi connectivity index (χ0v) is 24.5. The molecule has 2 amide bonds. The fraction of sp³-hybridized carbons (Fsp3) is 0.355. The molecular weight excluding hydrogens is 510 g/mol. The summed E-state index contributed by atoms with van der Waals surface area (Å²) >= 11 is 0. The third-order valence-corrected chi connectivity index (χ3v) is 8.77. The standard InChI is InChI=1S/C31H39N3O4S/c1-7-25(5)32-31(36)26(6)33(20-27-11-9-8-10-24(27)4)30(35)21-34(28-16-12-22(2)13-17-28)39(37,38)29-18-14-23(3)15-19-29/h8-19,25-26H,7,20-21H2,1-6H3,(H,32,36). The summed E-state index contributed by atoms with van der Waals surface area (Å²) in [6.45, 7) is 11.0. The van der Waals surface area contributed by atoms with Crippen LogP contribution in [0.2, 0.25) is 0 Å². The van der Waals surface area contributed by atoms with Gasteiger partial charge in [-0.15, -0.1) is 0 Å². The van der Waals surface area contributed by atoms with E-state index < -0.39 is 28.5 Å². The van der Waals surface area contributed by atoms with Gasteiger partial charge in [-0.1, -0.05) is 66.6 Å². The molecule has 0 saturated heterocycles. The molecule has 39 heavy (non-hydrogen) atoms. The second-order valence-electron chi connectivity index (χ2n) is 10.1. The largest absolute Gasteiger partial charge is 0.352 e. The Kier molecular flexibility index (Phi) is 9.92. The maximum atomic E-state index is 14.0. The molecule has 1 N–H and O–H groups in total. The highest BCUT2D eigenvalue weighted by Crippen LogP contribution is 2.25. The molecule has 3 aromatic carbocycles. The topological polar surface area (TPSA) is 86.8 Å². The van der Waals surface area contributed by atoms with E-state index in [-0.39, 0.29) is 23.4 Å². The molecule has 0 heterocycles. The third kappa shape index (κ3) is 7.47. The fourth-order valence-corrected chi connectivity index (χ4v) is 5.51. The Bertz CT molecular complexity index is 1390. The van der Waals surface area contributed by atoms with Gasteiger partial charge in [0.05, 0.1) is 10.6 Å². The van der Waals surface area contributed by atoms with Gasteiger partial charge in [-0.2, -0.15) is 0 Å².